The van der Waals surface area contributed by atoms with Gasteiger partial charge < -0.3 is 14.4 Å². The number of carbonyl (C=O) groups is 1. The highest BCUT2D eigenvalue weighted by Gasteiger charge is 2.18. The van der Waals surface area contributed by atoms with Gasteiger partial charge in [-0.25, -0.2) is 9.78 Å². The van der Waals surface area contributed by atoms with Crippen LogP contribution in [-0.4, -0.2) is 27.2 Å². The van der Waals surface area contributed by atoms with E-state index in [1.54, 1.807) is 4.57 Å². The molecule has 0 bridgehead atoms. The minimum atomic E-state index is -1.04. The first-order valence-electron chi connectivity index (χ1n) is 5.82. The van der Waals surface area contributed by atoms with Crippen molar-refractivity contribution in [2.75, 3.05) is 6.61 Å². The summed E-state index contributed by atoms with van der Waals surface area (Å²) in [5.74, 6) is -0.179. The van der Waals surface area contributed by atoms with Crippen LogP contribution in [0.2, 0.25) is 5.02 Å². The lowest BCUT2D eigenvalue weighted by Gasteiger charge is -2.09. The van der Waals surface area contributed by atoms with Crippen molar-refractivity contribution in [3.63, 3.8) is 0 Å². The lowest BCUT2D eigenvalue weighted by molar-refractivity contribution is 0.0691. The number of aromatic nitrogens is 2. The van der Waals surface area contributed by atoms with E-state index >= 15 is 0 Å². The summed E-state index contributed by atoms with van der Waals surface area (Å²) < 4.78 is 7.31. The molecule has 0 unspecified atom stereocenters. The van der Waals surface area contributed by atoms with E-state index in [1.165, 1.54) is 12.5 Å². The van der Waals surface area contributed by atoms with Crippen molar-refractivity contribution in [3.05, 3.63) is 46.5 Å². The number of halogens is 1. The first-order chi connectivity index (χ1) is 9.13. The van der Waals surface area contributed by atoms with E-state index < -0.39 is 5.97 Å². The van der Waals surface area contributed by atoms with Crippen molar-refractivity contribution in [1.29, 1.82) is 0 Å². The summed E-state index contributed by atoms with van der Waals surface area (Å²) in [4.78, 5) is 14.6. The lowest BCUT2D eigenvalue weighted by Crippen LogP contribution is -2.00. The zero-order chi connectivity index (χ0) is 13.4. The van der Waals surface area contributed by atoms with Crippen LogP contribution in [-0.2, 0) is 13.0 Å². The monoisotopic (exact) mass is 278 g/mol. The van der Waals surface area contributed by atoms with E-state index in [0.717, 1.165) is 23.3 Å². The van der Waals surface area contributed by atoms with E-state index in [2.05, 4.69) is 4.98 Å². The Labute approximate surface area is 114 Å². The Hall–Kier alpha value is -2.01. The molecule has 0 amide bonds. The first-order valence-corrected chi connectivity index (χ1v) is 6.20. The summed E-state index contributed by atoms with van der Waals surface area (Å²) in [6, 6.07) is 3.75. The maximum Gasteiger partial charge on any atom is 0.356 e. The number of carboxylic acid groups (broad SMARTS) is 1. The molecule has 19 heavy (non-hydrogen) atoms. The number of imidazole rings is 1. The highest BCUT2D eigenvalue weighted by atomic mass is 35.5. The van der Waals surface area contributed by atoms with Crippen LogP contribution in [0, 0.1) is 0 Å². The topological polar surface area (TPSA) is 64.3 Å². The van der Waals surface area contributed by atoms with E-state index in [1.807, 2.05) is 12.1 Å². The molecule has 5 nitrogen and oxygen atoms in total. The Bertz CT molecular complexity index is 651. The molecule has 6 heteroatoms. The molecule has 0 radical (unpaired) electrons. The fraction of sp³-hybridized carbons (Fsp3) is 0.231. The van der Waals surface area contributed by atoms with Crippen LogP contribution in [0.4, 0.5) is 0 Å². The van der Waals surface area contributed by atoms with Crippen LogP contribution >= 0.6 is 11.6 Å². The third-order valence-corrected chi connectivity index (χ3v) is 3.25. The second-order valence-corrected chi connectivity index (χ2v) is 4.82. The minimum Gasteiger partial charge on any atom is -0.493 e. The Morgan fingerprint density at radius 2 is 2.37 bits per heavy atom. The van der Waals surface area contributed by atoms with Crippen LogP contribution in [0.15, 0.2) is 24.7 Å². The Morgan fingerprint density at radius 1 is 1.53 bits per heavy atom. The highest BCUT2D eigenvalue weighted by molar-refractivity contribution is 6.30. The van der Waals surface area contributed by atoms with Crippen molar-refractivity contribution in [3.8, 4) is 5.75 Å². The number of ether oxygens (including phenoxy) is 1. The van der Waals surface area contributed by atoms with Gasteiger partial charge in [0.25, 0.3) is 0 Å². The third kappa shape index (κ3) is 2.29. The van der Waals surface area contributed by atoms with Crippen molar-refractivity contribution in [2.45, 2.75) is 13.0 Å². The molecular weight excluding hydrogens is 268 g/mol. The summed E-state index contributed by atoms with van der Waals surface area (Å²) >= 11 is 6.08. The largest absolute Gasteiger partial charge is 0.493 e. The number of fused-ring (bicyclic) bond motifs is 1. The maximum atomic E-state index is 10.8. The molecule has 1 N–H and O–H groups in total. The summed E-state index contributed by atoms with van der Waals surface area (Å²) in [6.45, 7) is 1.15. The van der Waals surface area contributed by atoms with Gasteiger partial charge in [0, 0.05) is 23.2 Å². The molecule has 0 fully saturated rings. The molecular formula is C13H11ClN2O3. The zero-order valence-corrected chi connectivity index (χ0v) is 10.7. The van der Waals surface area contributed by atoms with Crippen molar-refractivity contribution < 1.29 is 14.6 Å². The SMILES string of the molecule is O=C(O)c1cn(Cc2cc(Cl)cc3c2OCC3)cn1. The normalized spacial score (nSPS) is 13.1. The number of carboxylic acids is 1. The summed E-state index contributed by atoms with van der Waals surface area (Å²) in [7, 11) is 0. The summed E-state index contributed by atoms with van der Waals surface area (Å²) in [5, 5.41) is 9.51. The molecule has 0 spiro atoms. The predicted molar refractivity (Wildman–Crippen MR) is 68.9 cm³/mol. The molecule has 0 saturated heterocycles. The Kier molecular flexibility index (Phi) is 2.91. The zero-order valence-electron chi connectivity index (χ0n) is 9.97. The van der Waals surface area contributed by atoms with Crippen LogP contribution in [0.25, 0.3) is 0 Å². The molecule has 2 aromatic rings. The molecule has 1 aliphatic rings. The minimum absolute atomic E-state index is 0.0274. The molecule has 2 heterocycles. The quantitative estimate of drug-likeness (QED) is 0.935. The molecule has 3 rings (SSSR count). The fourth-order valence-corrected chi connectivity index (χ4v) is 2.48. The van der Waals surface area contributed by atoms with Gasteiger partial charge >= 0.3 is 5.97 Å². The maximum absolute atomic E-state index is 10.8. The molecule has 98 valence electrons. The number of benzene rings is 1. The smallest absolute Gasteiger partial charge is 0.356 e. The van der Waals surface area contributed by atoms with Crippen LogP contribution in [0.3, 0.4) is 0 Å². The van der Waals surface area contributed by atoms with Crippen LogP contribution in [0.1, 0.15) is 21.6 Å². The summed E-state index contributed by atoms with van der Waals surface area (Å²) in [6.07, 6.45) is 3.84. The van der Waals surface area contributed by atoms with E-state index in [0.29, 0.717) is 18.2 Å². The predicted octanol–water partition coefficient (Wildman–Crippen LogP) is 2.22. The van der Waals surface area contributed by atoms with Gasteiger partial charge in [-0.1, -0.05) is 11.6 Å². The number of nitrogens with zero attached hydrogens (tertiary/aromatic N) is 2. The van der Waals surface area contributed by atoms with Gasteiger partial charge in [-0.3, -0.25) is 0 Å². The Balaban J connectivity index is 1.92. The van der Waals surface area contributed by atoms with Gasteiger partial charge in [0.1, 0.15) is 5.75 Å². The highest BCUT2D eigenvalue weighted by Crippen LogP contribution is 2.33. The average molecular weight is 279 g/mol. The molecule has 1 aromatic heterocycles. The average Bonchev–Trinajstić information content (AvgIpc) is 2.96. The van der Waals surface area contributed by atoms with Gasteiger partial charge in [-0.15, -0.1) is 0 Å². The number of hydrogen-bond acceptors (Lipinski definition) is 3. The fourth-order valence-electron chi connectivity index (χ4n) is 2.22. The van der Waals surface area contributed by atoms with E-state index in [4.69, 9.17) is 21.4 Å². The van der Waals surface area contributed by atoms with Crippen LogP contribution < -0.4 is 4.74 Å². The lowest BCUT2D eigenvalue weighted by atomic mass is 10.1. The molecule has 0 aliphatic carbocycles. The van der Waals surface area contributed by atoms with E-state index in [-0.39, 0.29) is 5.69 Å². The van der Waals surface area contributed by atoms with Gasteiger partial charge in [0.05, 0.1) is 19.5 Å². The van der Waals surface area contributed by atoms with Gasteiger partial charge in [-0.2, -0.15) is 0 Å². The molecule has 1 aromatic carbocycles. The standard InChI is InChI=1S/C13H11ClN2O3/c14-10-3-8-1-2-19-12(8)9(4-10)5-16-6-11(13(17)18)15-7-16/h3-4,6-7H,1-2,5H2,(H,17,18). The number of aromatic carboxylic acids is 1. The summed E-state index contributed by atoms with van der Waals surface area (Å²) in [5.41, 5.74) is 2.06. The second kappa shape index (κ2) is 4.59. The molecule has 0 atom stereocenters. The van der Waals surface area contributed by atoms with Gasteiger partial charge in [-0.05, 0) is 17.7 Å². The number of hydrogen-bond donors (Lipinski definition) is 1. The van der Waals surface area contributed by atoms with Crippen LogP contribution in [0.5, 0.6) is 5.75 Å². The number of rotatable bonds is 3. The van der Waals surface area contributed by atoms with Crippen molar-refractivity contribution in [1.82, 2.24) is 9.55 Å². The van der Waals surface area contributed by atoms with Crippen molar-refractivity contribution >= 4 is 17.6 Å². The molecule has 0 saturated carbocycles. The van der Waals surface area contributed by atoms with Gasteiger partial charge in [0.2, 0.25) is 0 Å². The second-order valence-electron chi connectivity index (χ2n) is 4.39. The molecule has 1 aliphatic heterocycles. The first kappa shape index (κ1) is 12.0. The third-order valence-electron chi connectivity index (χ3n) is 3.03. The Morgan fingerprint density at radius 3 is 3.11 bits per heavy atom. The van der Waals surface area contributed by atoms with Crippen molar-refractivity contribution in [2.24, 2.45) is 0 Å². The van der Waals surface area contributed by atoms with E-state index in [9.17, 15) is 4.79 Å². The van der Waals surface area contributed by atoms with Gasteiger partial charge in [0.15, 0.2) is 5.69 Å².